The van der Waals surface area contributed by atoms with Gasteiger partial charge in [0, 0.05) is 12.2 Å². The Balaban J connectivity index is 2.84. The lowest BCUT2D eigenvalue weighted by molar-refractivity contribution is 0.0994. The van der Waals surface area contributed by atoms with Crippen LogP contribution in [-0.4, -0.2) is 15.7 Å². The molecule has 1 aromatic heterocycles. The molecule has 0 spiro atoms. The molecular formula is C8H13N3O. The lowest BCUT2D eigenvalue weighted by atomic mass is 10.3. The predicted molar refractivity (Wildman–Crippen MR) is 45.7 cm³/mol. The molecule has 0 fully saturated rings. The van der Waals surface area contributed by atoms with Gasteiger partial charge < -0.3 is 5.73 Å². The molecule has 0 aliphatic rings. The summed E-state index contributed by atoms with van der Waals surface area (Å²) in [7, 11) is 0. The fourth-order valence-electron chi connectivity index (χ4n) is 0.902. The largest absolute Gasteiger partial charge is 0.364 e. The van der Waals surface area contributed by atoms with Crippen molar-refractivity contribution < 1.29 is 4.79 Å². The van der Waals surface area contributed by atoms with Crippen molar-refractivity contribution in [3.05, 3.63) is 18.0 Å². The molecule has 1 amide bonds. The number of aromatic nitrogens is 2. The molecule has 1 aromatic rings. The Morgan fingerprint density at radius 3 is 2.92 bits per heavy atom. The van der Waals surface area contributed by atoms with E-state index >= 15 is 0 Å². The van der Waals surface area contributed by atoms with Crippen LogP contribution in [0.2, 0.25) is 0 Å². The van der Waals surface area contributed by atoms with E-state index in [1.807, 2.05) is 6.92 Å². The SMILES string of the molecule is CCC(C)n1ccc(C(N)=O)n1. The molecule has 0 saturated carbocycles. The topological polar surface area (TPSA) is 60.9 Å². The van der Waals surface area contributed by atoms with Crippen LogP contribution in [0.4, 0.5) is 0 Å². The Kier molecular flexibility index (Phi) is 2.47. The third-order valence-corrected chi connectivity index (χ3v) is 1.90. The van der Waals surface area contributed by atoms with E-state index in [1.165, 1.54) is 0 Å². The molecule has 0 bridgehead atoms. The normalized spacial score (nSPS) is 12.8. The lowest BCUT2D eigenvalue weighted by Crippen LogP contribution is -2.13. The highest BCUT2D eigenvalue weighted by Gasteiger charge is 2.07. The molecular weight excluding hydrogens is 154 g/mol. The summed E-state index contributed by atoms with van der Waals surface area (Å²) in [5, 5.41) is 4.02. The van der Waals surface area contributed by atoms with Crippen LogP contribution in [0.1, 0.15) is 36.8 Å². The molecule has 1 rings (SSSR count). The van der Waals surface area contributed by atoms with Gasteiger partial charge in [0.05, 0.1) is 0 Å². The van der Waals surface area contributed by atoms with Gasteiger partial charge in [0.15, 0.2) is 0 Å². The number of hydrogen-bond donors (Lipinski definition) is 1. The van der Waals surface area contributed by atoms with Crippen LogP contribution in [0.3, 0.4) is 0 Å². The van der Waals surface area contributed by atoms with Gasteiger partial charge in [0.2, 0.25) is 0 Å². The molecule has 1 atom stereocenters. The van der Waals surface area contributed by atoms with E-state index in [-0.39, 0.29) is 0 Å². The van der Waals surface area contributed by atoms with Crippen LogP contribution < -0.4 is 5.73 Å². The fourth-order valence-corrected chi connectivity index (χ4v) is 0.902. The van der Waals surface area contributed by atoms with E-state index in [0.29, 0.717) is 11.7 Å². The molecule has 4 nitrogen and oxygen atoms in total. The van der Waals surface area contributed by atoms with Crippen LogP contribution in [0.25, 0.3) is 0 Å². The molecule has 66 valence electrons. The van der Waals surface area contributed by atoms with E-state index in [9.17, 15) is 4.79 Å². The van der Waals surface area contributed by atoms with Crippen LogP contribution >= 0.6 is 0 Å². The van der Waals surface area contributed by atoms with Crippen molar-refractivity contribution in [3.8, 4) is 0 Å². The van der Waals surface area contributed by atoms with Gasteiger partial charge in [-0.3, -0.25) is 9.48 Å². The zero-order valence-corrected chi connectivity index (χ0v) is 7.32. The van der Waals surface area contributed by atoms with Crippen molar-refractivity contribution in [2.75, 3.05) is 0 Å². The molecule has 1 unspecified atom stereocenters. The second kappa shape index (κ2) is 3.38. The maximum absolute atomic E-state index is 10.7. The van der Waals surface area contributed by atoms with Gasteiger partial charge in [0.25, 0.3) is 5.91 Å². The number of carbonyl (C=O) groups excluding carboxylic acids is 1. The van der Waals surface area contributed by atoms with E-state index < -0.39 is 5.91 Å². The molecule has 4 heteroatoms. The summed E-state index contributed by atoms with van der Waals surface area (Å²) in [4.78, 5) is 10.7. The highest BCUT2D eigenvalue weighted by Crippen LogP contribution is 2.08. The highest BCUT2D eigenvalue weighted by molar-refractivity contribution is 5.90. The minimum atomic E-state index is -0.475. The summed E-state index contributed by atoms with van der Waals surface area (Å²) < 4.78 is 1.75. The third kappa shape index (κ3) is 1.64. The van der Waals surface area contributed by atoms with Gasteiger partial charge in [-0.15, -0.1) is 0 Å². The highest BCUT2D eigenvalue weighted by atomic mass is 16.1. The summed E-state index contributed by atoms with van der Waals surface area (Å²) in [6.45, 7) is 4.11. The smallest absolute Gasteiger partial charge is 0.269 e. The lowest BCUT2D eigenvalue weighted by Gasteiger charge is -2.07. The molecule has 0 saturated heterocycles. The van der Waals surface area contributed by atoms with Gasteiger partial charge in [0.1, 0.15) is 5.69 Å². The second-order valence-electron chi connectivity index (χ2n) is 2.80. The van der Waals surface area contributed by atoms with E-state index in [2.05, 4.69) is 12.0 Å². The Labute approximate surface area is 71.4 Å². The maximum Gasteiger partial charge on any atom is 0.269 e. The minimum Gasteiger partial charge on any atom is -0.364 e. The summed E-state index contributed by atoms with van der Waals surface area (Å²) in [5.74, 6) is -0.475. The van der Waals surface area contributed by atoms with Gasteiger partial charge in [-0.1, -0.05) is 6.92 Å². The molecule has 1 heterocycles. The number of carbonyl (C=O) groups is 1. The Morgan fingerprint density at radius 2 is 2.50 bits per heavy atom. The minimum absolute atomic E-state index is 0.318. The summed E-state index contributed by atoms with van der Waals surface area (Å²) in [6.07, 6.45) is 2.76. The van der Waals surface area contributed by atoms with Crippen LogP contribution in [0, 0.1) is 0 Å². The average Bonchev–Trinajstić information content (AvgIpc) is 2.51. The Hall–Kier alpha value is -1.32. The zero-order chi connectivity index (χ0) is 9.14. The van der Waals surface area contributed by atoms with E-state index in [1.54, 1.807) is 16.9 Å². The fraction of sp³-hybridized carbons (Fsp3) is 0.500. The molecule has 12 heavy (non-hydrogen) atoms. The van der Waals surface area contributed by atoms with Crippen molar-refractivity contribution >= 4 is 5.91 Å². The first kappa shape index (κ1) is 8.77. The van der Waals surface area contributed by atoms with Crippen molar-refractivity contribution in [2.24, 2.45) is 5.73 Å². The summed E-state index contributed by atoms with van der Waals surface area (Å²) in [5.41, 5.74) is 5.38. The summed E-state index contributed by atoms with van der Waals surface area (Å²) in [6, 6.07) is 1.95. The first-order valence-electron chi connectivity index (χ1n) is 4.00. The molecule has 0 aromatic carbocycles. The average molecular weight is 167 g/mol. The van der Waals surface area contributed by atoms with Gasteiger partial charge in [-0.2, -0.15) is 5.10 Å². The van der Waals surface area contributed by atoms with Crippen molar-refractivity contribution in [3.63, 3.8) is 0 Å². The quantitative estimate of drug-likeness (QED) is 0.728. The van der Waals surface area contributed by atoms with Gasteiger partial charge >= 0.3 is 0 Å². The molecule has 0 radical (unpaired) electrons. The molecule has 0 aliphatic carbocycles. The number of primary amides is 1. The number of nitrogens with two attached hydrogens (primary N) is 1. The van der Waals surface area contributed by atoms with Crippen LogP contribution in [0.15, 0.2) is 12.3 Å². The zero-order valence-electron chi connectivity index (χ0n) is 7.32. The molecule has 2 N–H and O–H groups in total. The monoisotopic (exact) mass is 167 g/mol. The van der Waals surface area contributed by atoms with Crippen molar-refractivity contribution in [1.82, 2.24) is 9.78 Å². The van der Waals surface area contributed by atoms with E-state index in [4.69, 9.17) is 5.73 Å². The number of hydrogen-bond acceptors (Lipinski definition) is 2. The van der Waals surface area contributed by atoms with Crippen molar-refractivity contribution in [1.29, 1.82) is 0 Å². The van der Waals surface area contributed by atoms with Crippen molar-refractivity contribution in [2.45, 2.75) is 26.3 Å². The van der Waals surface area contributed by atoms with Crippen LogP contribution in [0.5, 0.6) is 0 Å². The van der Waals surface area contributed by atoms with Gasteiger partial charge in [-0.05, 0) is 19.4 Å². The molecule has 0 aliphatic heterocycles. The summed E-state index contributed by atoms with van der Waals surface area (Å²) >= 11 is 0. The first-order chi connectivity index (χ1) is 5.65. The van der Waals surface area contributed by atoms with E-state index in [0.717, 1.165) is 6.42 Å². The maximum atomic E-state index is 10.7. The second-order valence-corrected chi connectivity index (χ2v) is 2.80. The number of amides is 1. The number of nitrogens with zero attached hydrogens (tertiary/aromatic N) is 2. The Bertz CT molecular complexity index is 280. The predicted octanol–water partition coefficient (Wildman–Crippen LogP) is 0.953. The number of rotatable bonds is 3. The van der Waals surface area contributed by atoms with Gasteiger partial charge in [-0.25, -0.2) is 0 Å². The first-order valence-corrected chi connectivity index (χ1v) is 4.00. The third-order valence-electron chi connectivity index (χ3n) is 1.90. The standard InChI is InChI=1S/C8H13N3O/c1-3-6(2)11-5-4-7(10-11)8(9)12/h4-6H,3H2,1-2H3,(H2,9,12). The van der Waals surface area contributed by atoms with Crippen LogP contribution in [-0.2, 0) is 0 Å². The Morgan fingerprint density at radius 1 is 1.83 bits per heavy atom.